The lowest BCUT2D eigenvalue weighted by Crippen LogP contribution is -2.25. The molecule has 3 nitrogen and oxygen atoms in total. The first-order chi connectivity index (χ1) is 8.61. The molecule has 0 aliphatic rings. The van der Waals surface area contributed by atoms with Crippen molar-refractivity contribution in [3.63, 3.8) is 0 Å². The predicted molar refractivity (Wildman–Crippen MR) is 82.1 cm³/mol. The number of rotatable bonds is 5. The van der Waals surface area contributed by atoms with E-state index in [2.05, 4.69) is 40.0 Å². The summed E-state index contributed by atoms with van der Waals surface area (Å²) in [6.07, 6.45) is 4.74. The quantitative estimate of drug-likeness (QED) is 0.837. The van der Waals surface area contributed by atoms with Crippen molar-refractivity contribution in [1.29, 1.82) is 0 Å². The molecule has 0 fully saturated rings. The van der Waals surface area contributed by atoms with Crippen molar-refractivity contribution in [1.82, 2.24) is 9.55 Å². The van der Waals surface area contributed by atoms with Gasteiger partial charge in [-0.1, -0.05) is 18.7 Å². The van der Waals surface area contributed by atoms with Gasteiger partial charge in [0.15, 0.2) is 5.16 Å². The van der Waals surface area contributed by atoms with Crippen LogP contribution in [0.4, 0.5) is 0 Å². The van der Waals surface area contributed by atoms with Crippen LogP contribution in [0.3, 0.4) is 0 Å². The Kier molecular flexibility index (Phi) is 4.89. The Morgan fingerprint density at radius 3 is 2.83 bits per heavy atom. The van der Waals surface area contributed by atoms with Gasteiger partial charge < -0.3 is 10.3 Å². The van der Waals surface area contributed by atoms with Crippen molar-refractivity contribution in [3.05, 3.63) is 33.2 Å². The molecule has 0 radical (unpaired) electrons. The van der Waals surface area contributed by atoms with Crippen molar-refractivity contribution in [2.24, 2.45) is 12.8 Å². The lowest BCUT2D eigenvalue weighted by molar-refractivity contribution is 0.636. The molecule has 2 unspecified atom stereocenters. The van der Waals surface area contributed by atoms with Gasteiger partial charge in [0.2, 0.25) is 0 Å². The molecule has 0 amide bonds. The second kappa shape index (κ2) is 6.23. The molecular weight excluding hydrogens is 330 g/mol. The van der Waals surface area contributed by atoms with Gasteiger partial charge in [-0.2, -0.15) is 0 Å². The lowest BCUT2D eigenvalue weighted by Gasteiger charge is -2.20. The molecule has 2 rings (SSSR count). The third kappa shape index (κ3) is 3.17. The number of thioether (sulfide) groups is 1. The van der Waals surface area contributed by atoms with E-state index in [1.807, 2.05) is 24.0 Å². The van der Waals surface area contributed by atoms with Crippen molar-refractivity contribution in [3.8, 4) is 0 Å². The van der Waals surface area contributed by atoms with Crippen LogP contribution in [0.5, 0.6) is 0 Å². The summed E-state index contributed by atoms with van der Waals surface area (Å²) in [5, 5.41) is 1.26. The Morgan fingerprint density at radius 1 is 1.56 bits per heavy atom. The molecule has 6 heteroatoms. The van der Waals surface area contributed by atoms with Gasteiger partial charge in [0.05, 0.1) is 9.04 Å². The summed E-state index contributed by atoms with van der Waals surface area (Å²) in [6, 6.07) is 4.36. The summed E-state index contributed by atoms with van der Waals surface area (Å²) < 4.78 is 3.18. The molecule has 0 aliphatic carbocycles. The fourth-order valence-electron chi connectivity index (χ4n) is 1.63. The SMILES string of the molecule is CCC(N)C(Sc1nccn1C)c1ccc(Br)s1. The molecule has 0 aromatic carbocycles. The van der Waals surface area contributed by atoms with Crippen molar-refractivity contribution in [2.75, 3.05) is 0 Å². The highest BCUT2D eigenvalue weighted by atomic mass is 79.9. The Balaban J connectivity index is 2.23. The van der Waals surface area contributed by atoms with E-state index in [9.17, 15) is 0 Å². The van der Waals surface area contributed by atoms with Crippen LogP contribution in [0, 0.1) is 0 Å². The van der Waals surface area contributed by atoms with Crippen molar-refractivity contribution < 1.29 is 0 Å². The fraction of sp³-hybridized carbons (Fsp3) is 0.417. The number of nitrogens with two attached hydrogens (primary N) is 1. The molecule has 0 aliphatic heterocycles. The highest BCUT2D eigenvalue weighted by molar-refractivity contribution is 9.11. The van der Waals surface area contributed by atoms with E-state index in [0.29, 0.717) is 0 Å². The fourth-order valence-corrected chi connectivity index (χ4v) is 4.54. The Morgan fingerprint density at radius 2 is 2.33 bits per heavy atom. The second-order valence-electron chi connectivity index (χ2n) is 4.07. The largest absolute Gasteiger partial charge is 0.329 e. The monoisotopic (exact) mass is 345 g/mol. The third-order valence-electron chi connectivity index (χ3n) is 2.74. The molecule has 0 saturated carbocycles. The lowest BCUT2D eigenvalue weighted by atomic mass is 10.1. The van der Waals surface area contributed by atoms with Crippen molar-refractivity contribution >= 4 is 39.0 Å². The minimum atomic E-state index is 0.136. The zero-order valence-electron chi connectivity index (χ0n) is 10.3. The van der Waals surface area contributed by atoms with Gasteiger partial charge in [0.25, 0.3) is 0 Å². The average Bonchev–Trinajstić information content (AvgIpc) is 2.94. The van der Waals surface area contributed by atoms with Gasteiger partial charge in [-0.05, 0) is 34.5 Å². The van der Waals surface area contributed by atoms with Gasteiger partial charge in [0, 0.05) is 30.4 Å². The number of thiophene rings is 1. The predicted octanol–water partition coefficient (Wildman–Crippen LogP) is 3.81. The molecule has 2 N–H and O–H groups in total. The van der Waals surface area contributed by atoms with Gasteiger partial charge in [-0.25, -0.2) is 4.98 Å². The first-order valence-electron chi connectivity index (χ1n) is 5.76. The zero-order chi connectivity index (χ0) is 13.1. The number of aromatic nitrogens is 2. The first-order valence-corrected chi connectivity index (χ1v) is 8.25. The number of aryl methyl sites for hydroxylation is 1. The maximum absolute atomic E-state index is 6.26. The molecule has 2 aromatic rings. The number of imidazole rings is 1. The molecule has 18 heavy (non-hydrogen) atoms. The van der Waals surface area contributed by atoms with Crippen LogP contribution in [0.15, 0.2) is 33.5 Å². The number of halogens is 1. The van der Waals surface area contributed by atoms with Crippen LogP contribution in [-0.4, -0.2) is 15.6 Å². The zero-order valence-corrected chi connectivity index (χ0v) is 13.6. The van der Waals surface area contributed by atoms with Crippen LogP contribution in [0.25, 0.3) is 0 Å². The van der Waals surface area contributed by atoms with E-state index in [4.69, 9.17) is 5.73 Å². The smallest absolute Gasteiger partial charge is 0.168 e. The van der Waals surface area contributed by atoms with Gasteiger partial charge >= 0.3 is 0 Å². The van der Waals surface area contributed by atoms with Crippen LogP contribution in [0.1, 0.15) is 23.5 Å². The maximum atomic E-state index is 6.26. The minimum Gasteiger partial charge on any atom is -0.329 e. The van der Waals surface area contributed by atoms with E-state index >= 15 is 0 Å². The molecule has 0 spiro atoms. The summed E-state index contributed by atoms with van der Waals surface area (Å²) in [6.45, 7) is 2.12. The summed E-state index contributed by atoms with van der Waals surface area (Å²) in [4.78, 5) is 5.66. The van der Waals surface area contributed by atoms with Crippen LogP contribution in [0.2, 0.25) is 0 Å². The summed E-state index contributed by atoms with van der Waals surface area (Å²) in [5.74, 6) is 0. The number of hydrogen-bond donors (Lipinski definition) is 1. The summed E-state index contributed by atoms with van der Waals surface area (Å²) >= 11 is 7.00. The van der Waals surface area contributed by atoms with E-state index < -0.39 is 0 Å². The summed E-state index contributed by atoms with van der Waals surface area (Å²) in [5.41, 5.74) is 6.26. The van der Waals surface area contributed by atoms with Gasteiger partial charge in [-0.15, -0.1) is 11.3 Å². The number of hydrogen-bond acceptors (Lipinski definition) is 4. The maximum Gasteiger partial charge on any atom is 0.168 e. The van der Waals surface area contributed by atoms with E-state index in [-0.39, 0.29) is 11.3 Å². The third-order valence-corrected chi connectivity index (χ3v) is 6.06. The van der Waals surface area contributed by atoms with Crippen molar-refractivity contribution in [2.45, 2.75) is 29.8 Å². The summed E-state index contributed by atoms with van der Waals surface area (Å²) in [7, 11) is 2.01. The highest BCUT2D eigenvalue weighted by Crippen LogP contribution is 2.41. The Bertz CT molecular complexity index is 509. The molecule has 0 bridgehead atoms. The molecule has 2 heterocycles. The Labute approximate surface area is 124 Å². The van der Waals surface area contributed by atoms with Crippen LogP contribution in [-0.2, 0) is 7.05 Å². The van der Waals surface area contributed by atoms with Crippen LogP contribution < -0.4 is 5.73 Å². The molecule has 98 valence electrons. The minimum absolute atomic E-state index is 0.136. The first kappa shape index (κ1) is 14.1. The topological polar surface area (TPSA) is 43.8 Å². The highest BCUT2D eigenvalue weighted by Gasteiger charge is 2.23. The Hall–Kier alpha value is -0.300. The molecular formula is C12H16BrN3S2. The van der Waals surface area contributed by atoms with E-state index in [1.165, 1.54) is 4.88 Å². The molecule has 2 aromatic heterocycles. The van der Waals surface area contributed by atoms with Crippen LogP contribution >= 0.6 is 39.0 Å². The molecule has 2 atom stereocenters. The average molecular weight is 346 g/mol. The van der Waals surface area contributed by atoms with E-state index in [0.717, 1.165) is 15.4 Å². The van der Waals surface area contributed by atoms with Gasteiger partial charge in [-0.3, -0.25) is 0 Å². The van der Waals surface area contributed by atoms with Gasteiger partial charge in [0.1, 0.15) is 0 Å². The normalized spacial score (nSPS) is 14.7. The standard InChI is InChI=1S/C12H16BrN3S2/c1-3-8(14)11(9-4-5-10(13)17-9)18-12-15-6-7-16(12)2/h4-8,11H,3,14H2,1-2H3. The number of nitrogens with zero attached hydrogens (tertiary/aromatic N) is 2. The van der Waals surface area contributed by atoms with E-state index in [1.54, 1.807) is 23.1 Å². The second-order valence-corrected chi connectivity index (χ2v) is 7.68. The molecule has 0 saturated heterocycles.